The number of aromatic amines is 1. The molecule has 0 atom stereocenters. The van der Waals surface area contributed by atoms with Crippen LogP contribution in [0.5, 0.6) is 0 Å². The number of hydrogen-bond acceptors (Lipinski definition) is 4. The van der Waals surface area contributed by atoms with Crippen LogP contribution >= 0.6 is 0 Å². The van der Waals surface area contributed by atoms with E-state index < -0.39 is 0 Å². The minimum Gasteiger partial charge on any atom is -0.333 e. The van der Waals surface area contributed by atoms with Crippen molar-refractivity contribution in [3.05, 3.63) is 48.0 Å². The molecular weight excluding hydrogens is 302 g/mol. The standard InChI is InChI=1S/C18H23N5O/c24-17-1-4-18(23(17)14-15-2-7-19-8-3-15)5-9-22(10-6-18)13-16-11-20-21-12-16/h2-3,7-8,11-12H,1,4-6,9-10,13-14H2,(H,20,21). The summed E-state index contributed by atoms with van der Waals surface area (Å²) in [6.07, 6.45) is 11.2. The number of piperidine rings is 1. The summed E-state index contributed by atoms with van der Waals surface area (Å²) in [4.78, 5) is 21.1. The summed E-state index contributed by atoms with van der Waals surface area (Å²) in [5, 5.41) is 6.89. The number of nitrogens with zero attached hydrogens (tertiary/aromatic N) is 4. The quantitative estimate of drug-likeness (QED) is 0.933. The van der Waals surface area contributed by atoms with Gasteiger partial charge in [-0.2, -0.15) is 5.10 Å². The smallest absolute Gasteiger partial charge is 0.223 e. The van der Waals surface area contributed by atoms with Gasteiger partial charge < -0.3 is 4.90 Å². The first-order valence-corrected chi connectivity index (χ1v) is 8.65. The predicted molar refractivity (Wildman–Crippen MR) is 89.9 cm³/mol. The highest BCUT2D eigenvalue weighted by molar-refractivity contribution is 5.79. The molecule has 4 heterocycles. The van der Waals surface area contributed by atoms with Crippen molar-refractivity contribution in [2.75, 3.05) is 13.1 Å². The summed E-state index contributed by atoms with van der Waals surface area (Å²) in [5.74, 6) is 0.301. The van der Waals surface area contributed by atoms with E-state index in [1.165, 1.54) is 11.1 Å². The lowest BCUT2D eigenvalue weighted by Gasteiger charge is -2.45. The molecule has 1 N–H and O–H groups in total. The molecule has 0 unspecified atom stereocenters. The van der Waals surface area contributed by atoms with E-state index in [9.17, 15) is 4.79 Å². The fraction of sp³-hybridized carbons (Fsp3) is 0.500. The van der Waals surface area contributed by atoms with Gasteiger partial charge in [-0.25, -0.2) is 0 Å². The van der Waals surface area contributed by atoms with Crippen LogP contribution in [0.2, 0.25) is 0 Å². The third-order valence-corrected chi connectivity index (χ3v) is 5.52. The lowest BCUT2D eigenvalue weighted by molar-refractivity contribution is -0.133. The zero-order valence-corrected chi connectivity index (χ0v) is 13.8. The summed E-state index contributed by atoms with van der Waals surface area (Å²) in [5.41, 5.74) is 2.44. The average Bonchev–Trinajstić information content (AvgIpc) is 3.22. The van der Waals surface area contributed by atoms with E-state index in [-0.39, 0.29) is 5.54 Å². The van der Waals surface area contributed by atoms with Crippen LogP contribution in [-0.2, 0) is 17.9 Å². The molecule has 0 bridgehead atoms. The Morgan fingerprint density at radius 3 is 2.58 bits per heavy atom. The van der Waals surface area contributed by atoms with Gasteiger partial charge in [-0.05, 0) is 37.0 Å². The molecule has 2 saturated heterocycles. The molecule has 0 aromatic carbocycles. The predicted octanol–water partition coefficient (Wildman–Crippen LogP) is 1.96. The Labute approximate surface area is 141 Å². The number of amides is 1. The number of likely N-dealkylation sites (tertiary alicyclic amines) is 2. The highest BCUT2D eigenvalue weighted by Crippen LogP contribution is 2.40. The summed E-state index contributed by atoms with van der Waals surface area (Å²) in [7, 11) is 0. The summed E-state index contributed by atoms with van der Waals surface area (Å²) in [6.45, 7) is 3.71. The molecule has 6 nitrogen and oxygen atoms in total. The average molecular weight is 325 g/mol. The van der Waals surface area contributed by atoms with Crippen LogP contribution in [0.25, 0.3) is 0 Å². The largest absolute Gasteiger partial charge is 0.333 e. The Balaban J connectivity index is 1.43. The fourth-order valence-corrected chi connectivity index (χ4v) is 4.07. The Morgan fingerprint density at radius 1 is 1.08 bits per heavy atom. The Hall–Kier alpha value is -2.21. The van der Waals surface area contributed by atoms with E-state index in [0.717, 1.165) is 38.9 Å². The van der Waals surface area contributed by atoms with Gasteiger partial charge in [0.1, 0.15) is 0 Å². The molecular formula is C18H23N5O. The van der Waals surface area contributed by atoms with Gasteiger partial charge in [0.05, 0.1) is 6.20 Å². The van der Waals surface area contributed by atoms with Gasteiger partial charge in [-0.3, -0.25) is 19.8 Å². The maximum absolute atomic E-state index is 12.5. The lowest BCUT2D eigenvalue weighted by atomic mass is 9.84. The molecule has 4 rings (SSSR count). The first kappa shape index (κ1) is 15.3. The van der Waals surface area contributed by atoms with Crippen molar-refractivity contribution in [3.8, 4) is 0 Å². The minimum absolute atomic E-state index is 0.0489. The van der Waals surface area contributed by atoms with E-state index in [1.54, 1.807) is 12.4 Å². The van der Waals surface area contributed by atoms with Crippen LogP contribution in [0, 0.1) is 0 Å². The summed E-state index contributed by atoms with van der Waals surface area (Å²) < 4.78 is 0. The van der Waals surface area contributed by atoms with Crippen molar-refractivity contribution in [3.63, 3.8) is 0 Å². The Morgan fingerprint density at radius 2 is 1.88 bits per heavy atom. The number of nitrogens with one attached hydrogen (secondary N) is 1. The van der Waals surface area contributed by atoms with Gasteiger partial charge in [0.25, 0.3) is 0 Å². The van der Waals surface area contributed by atoms with E-state index >= 15 is 0 Å². The van der Waals surface area contributed by atoms with Gasteiger partial charge in [-0.1, -0.05) is 0 Å². The van der Waals surface area contributed by atoms with Crippen molar-refractivity contribution in [1.29, 1.82) is 0 Å². The molecule has 24 heavy (non-hydrogen) atoms. The third kappa shape index (κ3) is 2.94. The fourth-order valence-electron chi connectivity index (χ4n) is 4.07. The monoisotopic (exact) mass is 325 g/mol. The first-order chi connectivity index (χ1) is 11.8. The highest BCUT2D eigenvalue weighted by Gasteiger charge is 2.46. The Kier molecular flexibility index (Phi) is 4.06. The van der Waals surface area contributed by atoms with Crippen LogP contribution < -0.4 is 0 Å². The van der Waals surface area contributed by atoms with Crippen LogP contribution in [-0.4, -0.2) is 49.5 Å². The molecule has 1 amide bonds. The molecule has 6 heteroatoms. The second kappa shape index (κ2) is 6.36. The highest BCUT2D eigenvalue weighted by atomic mass is 16.2. The van der Waals surface area contributed by atoms with Crippen LogP contribution in [0.1, 0.15) is 36.8 Å². The first-order valence-electron chi connectivity index (χ1n) is 8.65. The molecule has 2 aromatic rings. The van der Waals surface area contributed by atoms with Crippen molar-refractivity contribution >= 4 is 5.91 Å². The van der Waals surface area contributed by atoms with Gasteiger partial charge in [0.2, 0.25) is 5.91 Å². The maximum atomic E-state index is 12.5. The molecule has 0 aliphatic carbocycles. The molecule has 2 aromatic heterocycles. The molecule has 2 aliphatic heterocycles. The molecule has 2 aliphatic rings. The normalized spacial score (nSPS) is 20.8. The van der Waals surface area contributed by atoms with Gasteiger partial charge in [-0.15, -0.1) is 0 Å². The van der Waals surface area contributed by atoms with E-state index in [0.29, 0.717) is 18.9 Å². The van der Waals surface area contributed by atoms with Crippen LogP contribution in [0.3, 0.4) is 0 Å². The number of rotatable bonds is 4. The molecule has 126 valence electrons. The number of carbonyl (C=O) groups is 1. The molecule has 1 spiro atoms. The van der Waals surface area contributed by atoms with E-state index in [2.05, 4.69) is 25.0 Å². The minimum atomic E-state index is 0.0489. The second-order valence-corrected chi connectivity index (χ2v) is 6.94. The molecule has 0 radical (unpaired) electrons. The number of aromatic nitrogens is 3. The van der Waals surface area contributed by atoms with Crippen molar-refractivity contribution < 1.29 is 4.79 Å². The Bertz CT molecular complexity index is 677. The zero-order chi connectivity index (χ0) is 16.4. The van der Waals surface area contributed by atoms with E-state index in [1.807, 2.05) is 24.5 Å². The SMILES string of the molecule is O=C1CCC2(CCN(Cc3cn[nH]c3)CC2)N1Cc1ccncc1. The van der Waals surface area contributed by atoms with Crippen molar-refractivity contribution in [2.45, 2.75) is 44.3 Å². The maximum Gasteiger partial charge on any atom is 0.223 e. The zero-order valence-electron chi connectivity index (χ0n) is 13.8. The summed E-state index contributed by atoms with van der Waals surface area (Å²) in [6, 6.07) is 4.01. The summed E-state index contributed by atoms with van der Waals surface area (Å²) >= 11 is 0. The van der Waals surface area contributed by atoms with Crippen LogP contribution in [0.15, 0.2) is 36.9 Å². The molecule has 0 saturated carbocycles. The number of pyridine rings is 1. The van der Waals surface area contributed by atoms with Gasteiger partial charge >= 0.3 is 0 Å². The van der Waals surface area contributed by atoms with Crippen molar-refractivity contribution in [2.24, 2.45) is 0 Å². The third-order valence-electron chi connectivity index (χ3n) is 5.52. The van der Waals surface area contributed by atoms with E-state index in [4.69, 9.17) is 0 Å². The second-order valence-electron chi connectivity index (χ2n) is 6.94. The van der Waals surface area contributed by atoms with Gasteiger partial charge in [0, 0.05) is 62.3 Å². The van der Waals surface area contributed by atoms with Crippen LogP contribution in [0.4, 0.5) is 0 Å². The number of H-pyrrole nitrogens is 1. The van der Waals surface area contributed by atoms with Gasteiger partial charge in [0.15, 0.2) is 0 Å². The van der Waals surface area contributed by atoms with Crippen molar-refractivity contribution in [1.82, 2.24) is 25.0 Å². The lowest BCUT2D eigenvalue weighted by Crippen LogP contribution is -2.52. The number of carbonyl (C=O) groups excluding carboxylic acids is 1. The molecule has 2 fully saturated rings. The topological polar surface area (TPSA) is 65.1 Å². The number of hydrogen-bond donors (Lipinski definition) is 1.